The highest BCUT2D eigenvalue weighted by atomic mass is 79.9. The summed E-state index contributed by atoms with van der Waals surface area (Å²) in [4.78, 5) is 0. The van der Waals surface area contributed by atoms with Crippen molar-refractivity contribution in [2.45, 2.75) is 6.10 Å². The third-order valence-corrected chi connectivity index (χ3v) is 4.58. The van der Waals surface area contributed by atoms with E-state index < -0.39 is 6.10 Å². The maximum absolute atomic E-state index is 10.2. The molecule has 88 valence electrons. The molecule has 17 heavy (non-hydrogen) atoms. The van der Waals surface area contributed by atoms with Crippen LogP contribution in [0.25, 0.3) is 0 Å². The molecule has 0 aliphatic carbocycles. The Morgan fingerprint density at radius 2 is 1.47 bits per heavy atom. The van der Waals surface area contributed by atoms with Gasteiger partial charge in [0.2, 0.25) is 0 Å². The molecule has 0 amide bonds. The molecule has 0 aromatic heterocycles. The Labute approximate surface area is 122 Å². The second kappa shape index (κ2) is 5.53. The van der Waals surface area contributed by atoms with Crippen LogP contribution in [0.2, 0.25) is 5.02 Å². The quantitative estimate of drug-likeness (QED) is 0.787. The fourth-order valence-corrected chi connectivity index (χ4v) is 2.29. The highest BCUT2D eigenvalue weighted by Gasteiger charge is 2.11. The number of aliphatic hydroxyl groups is 1. The molecule has 0 saturated heterocycles. The first-order valence-corrected chi connectivity index (χ1v) is 6.93. The fourth-order valence-electron chi connectivity index (χ4n) is 1.52. The van der Waals surface area contributed by atoms with E-state index in [1.807, 2.05) is 30.3 Å². The smallest absolute Gasteiger partial charge is 0.104 e. The molecule has 2 aromatic carbocycles. The highest BCUT2D eigenvalue weighted by molar-refractivity contribution is 9.13. The third-order valence-electron chi connectivity index (χ3n) is 2.45. The van der Waals surface area contributed by atoms with Crippen LogP contribution in [0.15, 0.2) is 51.4 Å². The number of halogens is 3. The predicted molar refractivity (Wildman–Crippen MR) is 77.4 cm³/mol. The molecule has 1 atom stereocenters. The van der Waals surface area contributed by atoms with Crippen LogP contribution >= 0.6 is 43.5 Å². The molecule has 0 heterocycles. The average Bonchev–Trinajstić information content (AvgIpc) is 2.33. The summed E-state index contributed by atoms with van der Waals surface area (Å²) in [6.45, 7) is 0. The minimum absolute atomic E-state index is 0.642. The van der Waals surface area contributed by atoms with Crippen molar-refractivity contribution in [1.29, 1.82) is 0 Å². The summed E-state index contributed by atoms with van der Waals surface area (Å²) in [5.74, 6) is 0. The van der Waals surface area contributed by atoms with E-state index in [9.17, 15) is 5.11 Å². The lowest BCUT2D eigenvalue weighted by molar-refractivity contribution is 0.220. The number of rotatable bonds is 2. The molecule has 0 saturated carbocycles. The van der Waals surface area contributed by atoms with Crippen LogP contribution in [0.3, 0.4) is 0 Å². The average molecular weight is 376 g/mol. The largest absolute Gasteiger partial charge is 0.384 e. The summed E-state index contributed by atoms with van der Waals surface area (Å²) in [6, 6.07) is 12.9. The minimum atomic E-state index is -0.642. The Morgan fingerprint density at radius 3 is 2.06 bits per heavy atom. The van der Waals surface area contributed by atoms with Crippen molar-refractivity contribution < 1.29 is 5.11 Å². The Morgan fingerprint density at radius 1 is 0.882 bits per heavy atom. The van der Waals surface area contributed by atoms with Gasteiger partial charge in [0.15, 0.2) is 0 Å². The number of hydrogen-bond donors (Lipinski definition) is 1. The maximum Gasteiger partial charge on any atom is 0.104 e. The monoisotopic (exact) mass is 374 g/mol. The van der Waals surface area contributed by atoms with Gasteiger partial charge in [-0.15, -0.1) is 0 Å². The van der Waals surface area contributed by atoms with Gasteiger partial charge in [0.25, 0.3) is 0 Å². The normalized spacial score (nSPS) is 12.5. The molecule has 1 unspecified atom stereocenters. The van der Waals surface area contributed by atoms with Gasteiger partial charge in [-0.05, 0) is 67.3 Å². The molecule has 2 rings (SSSR count). The van der Waals surface area contributed by atoms with E-state index in [1.165, 1.54) is 0 Å². The highest BCUT2D eigenvalue weighted by Crippen LogP contribution is 2.29. The van der Waals surface area contributed by atoms with Crippen molar-refractivity contribution >= 4 is 43.5 Å². The van der Waals surface area contributed by atoms with Crippen LogP contribution in [0.4, 0.5) is 0 Å². The van der Waals surface area contributed by atoms with Crippen LogP contribution < -0.4 is 0 Å². The molecule has 0 bridgehead atoms. The predicted octanol–water partition coefficient (Wildman–Crippen LogP) is 4.95. The van der Waals surface area contributed by atoms with Gasteiger partial charge in [0, 0.05) is 14.0 Å². The lowest BCUT2D eigenvalue weighted by atomic mass is 10.0. The molecular formula is C13H9Br2ClO. The van der Waals surface area contributed by atoms with Crippen molar-refractivity contribution in [2.24, 2.45) is 0 Å². The van der Waals surface area contributed by atoms with Crippen LogP contribution in [0.1, 0.15) is 17.2 Å². The van der Waals surface area contributed by atoms with E-state index in [-0.39, 0.29) is 0 Å². The second-order valence-corrected chi connectivity index (χ2v) is 5.77. The summed E-state index contributed by atoms with van der Waals surface area (Å²) < 4.78 is 1.88. The first kappa shape index (κ1) is 13.1. The van der Waals surface area contributed by atoms with E-state index >= 15 is 0 Å². The van der Waals surface area contributed by atoms with Gasteiger partial charge >= 0.3 is 0 Å². The lowest BCUT2D eigenvalue weighted by Gasteiger charge is -2.12. The van der Waals surface area contributed by atoms with Gasteiger partial charge in [-0.3, -0.25) is 0 Å². The summed E-state index contributed by atoms with van der Waals surface area (Å²) in [7, 11) is 0. The Kier molecular flexibility index (Phi) is 4.26. The van der Waals surface area contributed by atoms with E-state index in [0.29, 0.717) is 5.02 Å². The van der Waals surface area contributed by atoms with Gasteiger partial charge in [0.1, 0.15) is 6.10 Å². The summed E-state index contributed by atoms with van der Waals surface area (Å²) in [5.41, 5.74) is 1.66. The molecule has 0 aliphatic heterocycles. The molecule has 1 nitrogen and oxygen atoms in total. The number of benzene rings is 2. The molecule has 0 radical (unpaired) electrons. The van der Waals surface area contributed by atoms with E-state index in [2.05, 4.69) is 31.9 Å². The molecule has 2 aromatic rings. The van der Waals surface area contributed by atoms with Crippen molar-refractivity contribution in [2.75, 3.05) is 0 Å². The Hall–Kier alpha value is -0.350. The van der Waals surface area contributed by atoms with E-state index in [0.717, 1.165) is 20.1 Å². The zero-order valence-corrected chi connectivity index (χ0v) is 12.6. The van der Waals surface area contributed by atoms with Crippen molar-refractivity contribution in [3.63, 3.8) is 0 Å². The minimum Gasteiger partial charge on any atom is -0.384 e. The molecule has 4 heteroatoms. The number of aliphatic hydroxyl groups excluding tert-OH is 1. The van der Waals surface area contributed by atoms with Gasteiger partial charge < -0.3 is 5.11 Å². The lowest BCUT2D eigenvalue weighted by Crippen LogP contribution is -1.99. The van der Waals surface area contributed by atoms with Gasteiger partial charge in [0.05, 0.1) is 0 Å². The third kappa shape index (κ3) is 3.10. The zero-order valence-electron chi connectivity index (χ0n) is 8.70. The van der Waals surface area contributed by atoms with Gasteiger partial charge in [-0.1, -0.05) is 29.8 Å². The van der Waals surface area contributed by atoms with E-state index in [1.54, 1.807) is 12.1 Å². The fraction of sp³-hybridized carbons (Fsp3) is 0.0769. The van der Waals surface area contributed by atoms with Crippen molar-refractivity contribution in [3.8, 4) is 0 Å². The molecule has 0 aliphatic rings. The molecule has 0 fully saturated rings. The first-order valence-electron chi connectivity index (χ1n) is 4.96. The SMILES string of the molecule is OC(c1ccc(Cl)cc1)c1ccc(Br)c(Br)c1. The summed E-state index contributed by atoms with van der Waals surface area (Å²) in [6.07, 6.45) is -0.642. The van der Waals surface area contributed by atoms with Crippen LogP contribution in [-0.2, 0) is 0 Å². The second-order valence-electron chi connectivity index (χ2n) is 3.63. The van der Waals surface area contributed by atoms with Crippen LogP contribution in [0, 0.1) is 0 Å². The Bertz CT molecular complexity index is 525. The zero-order chi connectivity index (χ0) is 12.4. The summed E-state index contributed by atoms with van der Waals surface area (Å²) >= 11 is 12.6. The first-order chi connectivity index (χ1) is 8.08. The van der Waals surface area contributed by atoms with Gasteiger partial charge in [-0.2, -0.15) is 0 Å². The van der Waals surface area contributed by atoms with Gasteiger partial charge in [-0.25, -0.2) is 0 Å². The van der Waals surface area contributed by atoms with Crippen LogP contribution in [0.5, 0.6) is 0 Å². The summed E-state index contributed by atoms with van der Waals surface area (Å²) in [5, 5.41) is 10.9. The maximum atomic E-state index is 10.2. The molecular weight excluding hydrogens is 367 g/mol. The van der Waals surface area contributed by atoms with Crippen molar-refractivity contribution in [1.82, 2.24) is 0 Å². The topological polar surface area (TPSA) is 20.2 Å². The standard InChI is InChI=1S/C13H9Br2ClO/c14-11-6-3-9(7-12(11)15)13(17)8-1-4-10(16)5-2-8/h1-7,13,17H. The molecule has 0 spiro atoms. The Balaban J connectivity index is 2.33. The number of hydrogen-bond acceptors (Lipinski definition) is 1. The molecule has 1 N–H and O–H groups in total. The van der Waals surface area contributed by atoms with Crippen molar-refractivity contribution in [3.05, 3.63) is 67.6 Å². The van der Waals surface area contributed by atoms with Crippen LogP contribution in [-0.4, -0.2) is 5.11 Å². The van der Waals surface area contributed by atoms with E-state index in [4.69, 9.17) is 11.6 Å².